The molecule has 0 unspecified atom stereocenters. The zero-order valence-electron chi connectivity index (χ0n) is 8.09. The van der Waals surface area contributed by atoms with E-state index in [4.69, 9.17) is 5.73 Å². The fourth-order valence-electron chi connectivity index (χ4n) is 1.36. The molecule has 5 nitrogen and oxygen atoms in total. The standard InChI is InChI=1S/C9H13N5/c1-2-13-6-9(5-12-13)14-7-11-4-8(14)3-10/h4-7H,2-3,10H2,1H3. The van der Waals surface area contributed by atoms with Crippen LogP contribution >= 0.6 is 0 Å². The lowest BCUT2D eigenvalue weighted by Gasteiger charge is -2.01. The average Bonchev–Trinajstić information content (AvgIpc) is 2.85. The van der Waals surface area contributed by atoms with Crippen LogP contribution in [0.1, 0.15) is 12.6 Å². The number of aryl methyl sites for hydroxylation is 1. The van der Waals surface area contributed by atoms with Crippen molar-refractivity contribution in [3.8, 4) is 5.69 Å². The fraction of sp³-hybridized carbons (Fsp3) is 0.333. The summed E-state index contributed by atoms with van der Waals surface area (Å²) < 4.78 is 3.81. The summed E-state index contributed by atoms with van der Waals surface area (Å²) in [5.74, 6) is 0. The van der Waals surface area contributed by atoms with Crippen molar-refractivity contribution < 1.29 is 0 Å². The van der Waals surface area contributed by atoms with Crippen molar-refractivity contribution in [1.29, 1.82) is 0 Å². The molecule has 0 aliphatic rings. The van der Waals surface area contributed by atoms with Crippen LogP contribution in [0.15, 0.2) is 24.9 Å². The lowest BCUT2D eigenvalue weighted by molar-refractivity contribution is 0.659. The highest BCUT2D eigenvalue weighted by Crippen LogP contribution is 2.09. The third-order valence-corrected chi connectivity index (χ3v) is 2.15. The third-order valence-electron chi connectivity index (χ3n) is 2.15. The van der Waals surface area contributed by atoms with E-state index in [1.54, 1.807) is 12.5 Å². The van der Waals surface area contributed by atoms with Gasteiger partial charge < -0.3 is 5.73 Å². The predicted molar refractivity (Wildman–Crippen MR) is 52.9 cm³/mol. The molecule has 74 valence electrons. The van der Waals surface area contributed by atoms with Crippen molar-refractivity contribution in [2.75, 3.05) is 0 Å². The van der Waals surface area contributed by atoms with Crippen LogP contribution in [0.25, 0.3) is 5.69 Å². The minimum absolute atomic E-state index is 0.483. The Kier molecular flexibility index (Phi) is 2.32. The lowest BCUT2D eigenvalue weighted by atomic mass is 10.4. The van der Waals surface area contributed by atoms with E-state index < -0.39 is 0 Å². The van der Waals surface area contributed by atoms with Crippen molar-refractivity contribution in [2.24, 2.45) is 5.73 Å². The summed E-state index contributed by atoms with van der Waals surface area (Å²) in [6.45, 7) is 3.40. The van der Waals surface area contributed by atoms with Crippen molar-refractivity contribution in [3.63, 3.8) is 0 Å². The van der Waals surface area contributed by atoms with Gasteiger partial charge in [0.1, 0.15) is 0 Å². The third kappa shape index (κ3) is 1.42. The Morgan fingerprint density at radius 3 is 2.93 bits per heavy atom. The number of aromatic nitrogens is 4. The van der Waals surface area contributed by atoms with Gasteiger partial charge in [0.25, 0.3) is 0 Å². The maximum atomic E-state index is 5.58. The molecule has 0 fully saturated rings. The molecule has 0 saturated heterocycles. The molecule has 0 amide bonds. The van der Waals surface area contributed by atoms with Gasteiger partial charge in [0.15, 0.2) is 0 Å². The monoisotopic (exact) mass is 191 g/mol. The Morgan fingerprint density at radius 1 is 1.43 bits per heavy atom. The molecule has 0 bridgehead atoms. The van der Waals surface area contributed by atoms with Crippen molar-refractivity contribution in [1.82, 2.24) is 19.3 Å². The Bertz CT molecular complexity index is 414. The Morgan fingerprint density at radius 2 is 2.29 bits per heavy atom. The quantitative estimate of drug-likeness (QED) is 0.770. The summed E-state index contributed by atoms with van der Waals surface area (Å²) in [7, 11) is 0. The van der Waals surface area contributed by atoms with Crippen molar-refractivity contribution in [3.05, 3.63) is 30.6 Å². The van der Waals surface area contributed by atoms with Crippen molar-refractivity contribution in [2.45, 2.75) is 20.0 Å². The zero-order valence-corrected chi connectivity index (χ0v) is 8.09. The molecule has 0 radical (unpaired) electrons. The molecule has 14 heavy (non-hydrogen) atoms. The number of rotatable bonds is 3. The molecule has 0 aliphatic carbocycles. The fourth-order valence-corrected chi connectivity index (χ4v) is 1.36. The van der Waals surface area contributed by atoms with Gasteiger partial charge >= 0.3 is 0 Å². The van der Waals surface area contributed by atoms with Gasteiger partial charge in [-0.05, 0) is 6.92 Å². The van der Waals surface area contributed by atoms with E-state index in [9.17, 15) is 0 Å². The Hall–Kier alpha value is -1.62. The molecule has 2 heterocycles. The van der Waals surface area contributed by atoms with Crippen LogP contribution < -0.4 is 5.73 Å². The molecule has 0 atom stereocenters. The summed E-state index contributed by atoms with van der Waals surface area (Å²) in [6.07, 6.45) is 7.30. The molecule has 0 saturated carbocycles. The van der Waals surface area contributed by atoms with Crippen LogP contribution in [0.2, 0.25) is 0 Å². The number of nitrogens with zero attached hydrogens (tertiary/aromatic N) is 4. The molecule has 2 N–H and O–H groups in total. The van der Waals surface area contributed by atoms with Gasteiger partial charge in [-0.2, -0.15) is 5.10 Å². The molecule has 2 aromatic rings. The van der Waals surface area contributed by atoms with E-state index in [1.807, 2.05) is 21.6 Å². The summed E-state index contributed by atoms with van der Waals surface area (Å²) in [4.78, 5) is 4.05. The van der Waals surface area contributed by atoms with E-state index in [1.165, 1.54) is 0 Å². The molecule has 2 aromatic heterocycles. The van der Waals surface area contributed by atoms with E-state index in [0.29, 0.717) is 6.54 Å². The van der Waals surface area contributed by atoms with Crippen LogP contribution in [0.3, 0.4) is 0 Å². The summed E-state index contributed by atoms with van der Waals surface area (Å²) in [6, 6.07) is 0. The number of hydrogen-bond donors (Lipinski definition) is 1. The van der Waals surface area contributed by atoms with Crippen LogP contribution in [0.5, 0.6) is 0 Å². The average molecular weight is 191 g/mol. The molecule has 2 rings (SSSR count). The Labute approximate surface area is 82.2 Å². The highest BCUT2D eigenvalue weighted by molar-refractivity contribution is 5.28. The molecule has 0 spiro atoms. The van der Waals surface area contributed by atoms with Crippen LogP contribution in [0, 0.1) is 0 Å². The first-order chi connectivity index (χ1) is 6.85. The van der Waals surface area contributed by atoms with E-state index >= 15 is 0 Å². The van der Waals surface area contributed by atoms with Gasteiger partial charge in [-0.1, -0.05) is 0 Å². The molecule has 5 heteroatoms. The summed E-state index contributed by atoms with van der Waals surface area (Å²) >= 11 is 0. The largest absolute Gasteiger partial charge is 0.325 e. The second kappa shape index (κ2) is 3.63. The first-order valence-corrected chi connectivity index (χ1v) is 4.59. The number of imidazole rings is 1. The lowest BCUT2D eigenvalue weighted by Crippen LogP contribution is -2.03. The molecular weight excluding hydrogens is 178 g/mol. The van der Waals surface area contributed by atoms with Gasteiger partial charge in [-0.25, -0.2) is 4.98 Å². The van der Waals surface area contributed by atoms with E-state index in [0.717, 1.165) is 17.9 Å². The maximum Gasteiger partial charge on any atom is 0.0995 e. The highest BCUT2D eigenvalue weighted by Gasteiger charge is 2.04. The first kappa shape index (κ1) is 8.96. The van der Waals surface area contributed by atoms with Gasteiger partial charge in [0.05, 0.1) is 23.9 Å². The number of hydrogen-bond acceptors (Lipinski definition) is 3. The highest BCUT2D eigenvalue weighted by atomic mass is 15.3. The minimum Gasteiger partial charge on any atom is -0.325 e. The molecule has 0 aromatic carbocycles. The molecular formula is C9H13N5. The van der Waals surface area contributed by atoms with Crippen LogP contribution in [-0.4, -0.2) is 19.3 Å². The minimum atomic E-state index is 0.483. The van der Waals surface area contributed by atoms with Gasteiger partial charge in [0, 0.05) is 25.5 Å². The van der Waals surface area contributed by atoms with Crippen LogP contribution in [0.4, 0.5) is 0 Å². The zero-order chi connectivity index (χ0) is 9.97. The second-order valence-electron chi connectivity index (χ2n) is 3.01. The second-order valence-corrected chi connectivity index (χ2v) is 3.01. The normalized spacial score (nSPS) is 10.7. The first-order valence-electron chi connectivity index (χ1n) is 4.59. The maximum absolute atomic E-state index is 5.58. The predicted octanol–water partition coefficient (Wildman–Crippen LogP) is 0.547. The van der Waals surface area contributed by atoms with E-state index in [-0.39, 0.29) is 0 Å². The van der Waals surface area contributed by atoms with Gasteiger partial charge in [-0.15, -0.1) is 0 Å². The van der Waals surface area contributed by atoms with Crippen LogP contribution in [-0.2, 0) is 13.1 Å². The topological polar surface area (TPSA) is 61.7 Å². The summed E-state index contributed by atoms with van der Waals surface area (Å²) in [5.41, 5.74) is 7.57. The number of nitrogens with two attached hydrogens (primary N) is 1. The molecule has 0 aliphatic heterocycles. The van der Waals surface area contributed by atoms with Crippen molar-refractivity contribution >= 4 is 0 Å². The Balaban J connectivity index is 2.38. The summed E-state index contributed by atoms with van der Waals surface area (Å²) in [5, 5.41) is 4.19. The SMILES string of the molecule is CCn1cc(-n2cncc2CN)cn1. The smallest absolute Gasteiger partial charge is 0.0995 e. The van der Waals surface area contributed by atoms with Gasteiger partial charge in [-0.3, -0.25) is 9.25 Å². The van der Waals surface area contributed by atoms with E-state index in [2.05, 4.69) is 17.0 Å². The van der Waals surface area contributed by atoms with Gasteiger partial charge in [0.2, 0.25) is 0 Å².